The van der Waals surface area contributed by atoms with Crippen molar-refractivity contribution in [3.8, 4) is 5.75 Å². The number of carbonyl (C=O) groups is 1. The van der Waals surface area contributed by atoms with Crippen LogP contribution in [0.3, 0.4) is 0 Å². The number of carbonyl (C=O) groups excluding carboxylic acids is 1. The lowest BCUT2D eigenvalue weighted by molar-refractivity contribution is 0.210. The standard InChI is InChI=1S/C11H15NO2/c1-6-5-7(2)9(4)10(8(6)3)14-11(12)13/h5H,1-4H3,(H2,12,13). The average Bonchev–Trinajstić information content (AvgIpc) is 2.09. The largest absolute Gasteiger partial charge is 0.410 e. The molecule has 0 saturated heterocycles. The molecule has 1 rings (SSSR count). The van der Waals surface area contributed by atoms with Crippen molar-refractivity contribution in [1.82, 2.24) is 0 Å². The predicted octanol–water partition coefficient (Wildman–Crippen LogP) is 2.38. The first kappa shape index (κ1) is 10.6. The van der Waals surface area contributed by atoms with Gasteiger partial charge >= 0.3 is 6.09 Å². The fourth-order valence-corrected chi connectivity index (χ4v) is 1.43. The monoisotopic (exact) mass is 193 g/mol. The van der Waals surface area contributed by atoms with Gasteiger partial charge in [-0.1, -0.05) is 6.07 Å². The molecule has 0 heterocycles. The van der Waals surface area contributed by atoms with Crippen LogP contribution >= 0.6 is 0 Å². The van der Waals surface area contributed by atoms with Crippen molar-refractivity contribution in [1.29, 1.82) is 0 Å². The fraction of sp³-hybridized carbons (Fsp3) is 0.364. The molecule has 0 saturated carbocycles. The van der Waals surface area contributed by atoms with Crippen molar-refractivity contribution < 1.29 is 9.53 Å². The van der Waals surface area contributed by atoms with Gasteiger partial charge in [-0.25, -0.2) is 4.79 Å². The van der Waals surface area contributed by atoms with Crippen molar-refractivity contribution in [2.45, 2.75) is 27.7 Å². The third kappa shape index (κ3) is 1.87. The first-order valence-corrected chi connectivity index (χ1v) is 4.48. The van der Waals surface area contributed by atoms with E-state index in [4.69, 9.17) is 10.5 Å². The van der Waals surface area contributed by atoms with E-state index in [1.807, 2.05) is 27.7 Å². The number of hydrogen-bond acceptors (Lipinski definition) is 2. The minimum Gasteiger partial charge on any atom is -0.410 e. The van der Waals surface area contributed by atoms with Crippen LogP contribution in [0.1, 0.15) is 22.3 Å². The van der Waals surface area contributed by atoms with Gasteiger partial charge in [0.15, 0.2) is 0 Å². The molecular weight excluding hydrogens is 178 g/mol. The first-order valence-electron chi connectivity index (χ1n) is 4.48. The molecule has 0 bridgehead atoms. The molecule has 3 nitrogen and oxygen atoms in total. The van der Waals surface area contributed by atoms with Gasteiger partial charge in [-0.3, -0.25) is 0 Å². The Morgan fingerprint density at radius 2 is 1.57 bits per heavy atom. The van der Waals surface area contributed by atoms with Crippen LogP contribution in [0.2, 0.25) is 0 Å². The molecule has 0 unspecified atom stereocenters. The predicted molar refractivity (Wildman–Crippen MR) is 55.6 cm³/mol. The van der Waals surface area contributed by atoms with E-state index in [0.29, 0.717) is 5.75 Å². The molecule has 0 spiro atoms. The van der Waals surface area contributed by atoms with E-state index in [9.17, 15) is 4.79 Å². The molecule has 1 aromatic rings. The Kier molecular flexibility index (Phi) is 2.79. The Balaban J connectivity index is 3.31. The molecule has 2 N–H and O–H groups in total. The number of aryl methyl sites for hydroxylation is 2. The van der Waals surface area contributed by atoms with Crippen molar-refractivity contribution in [3.63, 3.8) is 0 Å². The van der Waals surface area contributed by atoms with Gasteiger partial charge in [-0.15, -0.1) is 0 Å². The highest BCUT2D eigenvalue weighted by molar-refractivity contribution is 5.70. The Hall–Kier alpha value is -1.51. The van der Waals surface area contributed by atoms with Crippen LogP contribution in [0.4, 0.5) is 4.79 Å². The summed E-state index contributed by atoms with van der Waals surface area (Å²) in [6.45, 7) is 7.80. The van der Waals surface area contributed by atoms with Crippen molar-refractivity contribution in [2.75, 3.05) is 0 Å². The SMILES string of the molecule is Cc1cc(C)c(C)c(OC(N)=O)c1C. The van der Waals surface area contributed by atoms with E-state index in [2.05, 4.69) is 6.07 Å². The molecule has 0 aliphatic heterocycles. The number of nitrogens with two attached hydrogens (primary N) is 1. The summed E-state index contributed by atoms with van der Waals surface area (Å²) in [7, 11) is 0. The van der Waals surface area contributed by atoms with Crippen LogP contribution in [-0.4, -0.2) is 6.09 Å². The first-order chi connectivity index (χ1) is 6.43. The van der Waals surface area contributed by atoms with Gasteiger partial charge in [0.1, 0.15) is 5.75 Å². The Morgan fingerprint density at radius 3 is 1.93 bits per heavy atom. The van der Waals surface area contributed by atoms with Crippen LogP contribution in [0.15, 0.2) is 6.07 Å². The number of amides is 1. The Bertz CT molecular complexity index is 357. The molecule has 0 radical (unpaired) electrons. The third-order valence-corrected chi connectivity index (χ3v) is 2.50. The fourth-order valence-electron chi connectivity index (χ4n) is 1.43. The number of ether oxygens (including phenoxy) is 1. The van der Waals surface area contributed by atoms with Crippen LogP contribution in [0.25, 0.3) is 0 Å². The molecule has 0 aromatic heterocycles. The van der Waals surface area contributed by atoms with Gasteiger partial charge in [0, 0.05) is 0 Å². The highest BCUT2D eigenvalue weighted by Gasteiger charge is 2.11. The second kappa shape index (κ2) is 3.70. The quantitative estimate of drug-likeness (QED) is 0.744. The van der Waals surface area contributed by atoms with E-state index in [0.717, 1.165) is 22.3 Å². The third-order valence-electron chi connectivity index (χ3n) is 2.50. The number of hydrogen-bond donors (Lipinski definition) is 1. The normalized spacial score (nSPS) is 10.0. The number of benzene rings is 1. The zero-order chi connectivity index (χ0) is 10.9. The lowest BCUT2D eigenvalue weighted by Crippen LogP contribution is -2.18. The molecule has 1 aromatic carbocycles. The summed E-state index contributed by atoms with van der Waals surface area (Å²) in [6, 6.07) is 2.07. The molecule has 0 atom stereocenters. The zero-order valence-electron chi connectivity index (χ0n) is 8.97. The Labute approximate surface area is 83.9 Å². The van der Waals surface area contributed by atoms with Crippen LogP contribution < -0.4 is 10.5 Å². The molecule has 3 heteroatoms. The molecule has 1 amide bonds. The molecule has 0 fully saturated rings. The van der Waals surface area contributed by atoms with Gasteiger partial charge in [0.2, 0.25) is 0 Å². The summed E-state index contributed by atoms with van der Waals surface area (Å²) in [4.78, 5) is 10.7. The second-order valence-corrected chi connectivity index (χ2v) is 3.51. The number of rotatable bonds is 1. The van der Waals surface area contributed by atoms with Gasteiger partial charge in [0.25, 0.3) is 0 Å². The lowest BCUT2D eigenvalue weighted by Gasteiger charge is -2.13. The van der Waals surface area contributed by atoms with Gasteiger partial charge in [0.05, 0.1) is 0 Å². The van der Waals surface area contributed by atoms with Crippen LogP contribution in [-0.2, 0) is 0 Å². The summed E-state index contributed by atoms with van der Waals surface area (Å²) >= 11 is 0. The maximum Gasteiger partial charge on any atom is 0.409 e. The molecule has 76 valence electrons. The molecule has 0 aliphatic rings. The highest BCUT2D eigenvalue weighted by Crippen LogP contribution is 2.28. The van der Waals surface area contributed by atoms with Gasteiger partial charge in [-0.05, 0) is 49.9 Å². The molecule has 14 heavy (non-hydrogen) atoms. The Morgan fingerprint density at radius 1 is 1.14 bits per heavy atom. The topological polar surface area (TPSA) is 52.3 Å². The smallest absolute Gasteiger partial charge is 0.409 e. The summed E-state index contributed by atoms with van der Waals surface area (Å²) in [5.74, 6) is 0.593. The van der Waals surface area contributed by atoms with Crippen molar-refractivity contribution in [3.05, 3.63) is 28.3 Å². The van der Waals surface area contributed by atoms with Crippen molar-refractivity contribution >= 4 is 6.09 Å². The summed E-state index contributed by atoms with van der Waals surface area (Å²) in [6.07, 6.45) is -0.763. The highest BCUT2D eigenvalue weighted by atomic mass is 16.5. The van der Waals surface area contributed by atoms with E-state index >= 15 is 0 Å². The average molecular weight is 193 g/mol. The van der Waals surface area contributed by atoms with Crippen LogP contribution in [0.5, 0.6) is 5.75 Å². The van der Waals surface area contributed by atoms with E-state index in [-0.39, 0.29) is 0 Å². The molecule has 0 aliphatic carbocycles. The zero-order valence-corrected chi connectivity index (χ0v) is 8.97. The van der Waals surface area contributed by atoms with Crippen molar-refractivity contribution in [2.24, 2.45) is 5.73 Å². The summed E-state index contributed by atoms with van der Waals surface area (Å²) in [5, 5.41) is 0. The van der Waals surface area contributed by atoms with E-state index in [1.54, 1.807) is 0 Å². The maximum atomic E-state index is 10.7. The minimum atomic E-state index is -0.763. The molecular formula is C11H15NO2. The summed E-state index contributed by atoms with van der Waals surface area (Å²) in [5.41, 5.74) is 9.13. The summed E-state index contributed by atoms with van der Waals surface area (Å²) < 4.78 is 4.98. The minimum absolute atomic E-state index is 0.593. The van der Waals surface area contributed by atoms with Gasteiger partial charge < -0.3 is 10.5 Å². The lowest BCUT2D eigenvalue weighted by atomic mass is 10.0. The van der Waals surface area contributed by atoms with E-state index in [1.165, 1.54) is 0 Å². The van der Waals surface area contributed by atoms with E-state index < -0.39 is 6.09 Å². The van der Waals surface area contributed by atoms with Crippen LogP contribution in [0, 0.1) is 27.7 Å². The maximum absolute atomic E-state index is 10.7. The number of primary amides is 1. The van der Waals surface area contributed by atoms with Gasteiger partial charge in [-0.2, -0.15) is 0 Å². The second-order valence-electron chi connectivity index (χ2n) is 3.51.